The molecule has 0 aliphatic carbocycles. The van der Waals surface area contributed by atoms with Gasteiger partial charge in [0.05, 0.1) is 25.3 Å². The average Bonchev–Trinajstić information content (AvgIpc) is 3.12. The van der Waals surface area contributed by atoms with Crippen LogP contribution in [-0.2, 0) is 22.5 Å². The molecule has 3 heterocycles. The first kappa shape index (κ1) is 19.8. The highest BCUT2D eigenvalue weighted by molar-refractivity contribution is 5.98. The standard InChI is InChI=1S/C25H26N2O4/c1-3-31-25(29)22-14-19-18-13-17(30-2)9-10-20(18)27-23(28)12-11-21(24(19)27)26(22)15-16-7-5-4-6-8-16/h4-10,13,21-22H,3,11-12,14-15H2,1-2H3/t21-,22+/m0/s1. The van der Waals surface area contributed by atoms with Gasteiger partial charge in [0.1, 0.15) is 11.8 Å². The molecule has 0 N–H and O–H groups in total. The third-order valence-electron chi connectivity index (χ3n) is 6.48. The second-order valence-electron chi connectivity index (χ2n) is 8.16. The quantitative estimate of drug-likeness (QED) is 0.584. The van der Waals surface area contributed by atoms with E-state index in [4.69, 9.17) is 9.47 Å². The highest BCUT2D eigenvalue weighted by Gasteiger charge is 2.44. The summed E-state index contributed by atoms with van der Waals surface area (Å²) in [6.45, 7) is 2.82. The maximum atomic E-state index is 13.1. The monoisotopic (exact) mass is 418 g/mol. The van der Waals surface area contributed by atoms with Crippen LogP contribution in [0, 0.1) is 0 Å². The smallest absolute Gasteiger partial charge is 0.323 e. The number of aromatic nitrogens is 1. The van der Waals surface area contributed by atoms with Gasteiger partial charge in [-0.1, -0.05) is 30.3 Å². The molecule has 3 aromatic rings. The van der Waals surface area contributed by atoms with Gasteiger partial charge >= 0.3 is 5.97 Å². The predicted octanol–water partition coefficient (Wildman–Crippen LogP) is 4.12. The van der Waals surface area contributed by atoms with Gasteiger partial charge in [0.2, 0.25) is 5.91 Å². The minimum absolute atomic E-state index is 0.0190. The maximum Gasteiger partial charge on any atom is 0.323 e. The molecule has 0 amide bonds. The molecule has 2 aliphatic heterocycles. The summed E-state index contributed by atoms with van der Waals surface area (Å²) in [6.07, 6.45) is 1.66. The molecule has 160 valence electrons. The van der Waals surface area contributed by atoms with Crippen molar-refractivity contribution in [1.82, 2.24) is 9.47 Å². The fourth-order valence-corrected chi connectivity index (χ4v) is 5.15. The third kappa shape index (κ3) is 3.22. The number of benzene rings is 2. The van der Waals surface area contributed by atoms with Crippen LogP contribution in [0.4, 0.5) is 0 Å². The Morgan fingerprint density at radius 3 is 2.71 bits per heavy atom. The van der Waals surface area contributed by atoms with Crippen LogP contribution < -0.4 is 4.74 Å². The minimum Gasteiger partial charge on any atom is -0.497 e. The Kier molecular flexibility index (Phi) is 5.02. The van der Waals surface area contributed by atoms with E-state index in [1.54, 1.807) is 7.11 Å². The number of hydrogen-bond acceptors (Lipinski definition) is 5. The lowest BCUT2D eigenvalue weighted by Crippen LogP contribution is -2.50. The molecule has 2 atom stereocenters. The number of carbonyl (C=O) groups is 2. The Bertz CT molecular complexity index is 1150. The van der Waals surface area contributed by atoms with Crippen LogP contribution >= 0.6 is 0 Å². The van der Waals surface area contributed by atoms with Crippen molar-refractivity contribution in [3.8, 4) is 5.75 Å². The van der Waals surface area contributed by atoms with Gasteiger partial charge < -0.3 is 9.47 Å². The molecule has 0 fully saturated rings. The average molecular weight is 418 g/mol. The fourth-order valence-electron chi connectivity index (χ4n) is 5.15. The molecule has 2 aromatic carbocycles. The maximum absolute atomic E-state index is 13.1. The van der Waals surface area contributed by atoms with E-state index in [1.165, 1.54) is 0 Å². The van der Waals surface area contributed by atoms with Gasteiger partial charge in [0.15, 0.2) is 0 Å². The topological polar surface area (TPSA) is 60.8 Å². The third-order valence-corrected chi connectivity index (χ3v) is 6.48. The molecule has 5 rings (SSSR count). The molecular formula is C25H26N2O4. The molecular weight excluding hydrogens is 392 g/mol. The first-order valence-electron chi connectivity index (χ1n) is 10.8. The van der Waals surface area contributed by atoms with E-state index in [0.29, 0.717) is 32.4 Å². The summed E-state index contributed by atoms with van der Waals surface area (Å²) in [5.41, 5.74) is 4.12. The van der Waals surface area contributed by atoms with Gasteiger partial charge in [-0.3, -0.25) is 19.1 Å². The lowest BCUT2D eigenvalue weighted by Gasteiger charge is -2.43. The molecule has 0 saturated heterocycles. The number of rotatable bonds is 5. The predicted molar refractivity (Wildman–Crippen MR) is 117 cm³/mol. The summed E-state index contributed by atoms with van der Waals surface area (Å²) in [5.74, 6) is 0.654. The zero-order chi connectivity index (χ0) is 21.5. The Balaban J connectivity index is 1.68. The Morgan fingerprint density at radius 1 is 1.16 bits per heavy atom. The summed E-state index contributed by atoms with van der Waals surface area (Å²) in [7, 11) is 1.64. The summed E-state index contributed by atoms with van der Waals surface area (Å²) in [6, 6.07) is 15.6. The number of nitrogens with zero attached hydrogens (tertiary/aromatic N) is 2. The molecule has 6 heteroatoms. The van der Waals surface area contributed by atoms with Gasteiger partial charge in [-0.15, -0.1) is 0 Å². The molecule has 0 unspecified atom stereocenters. The van der Waals surface area contributed by atoms with Crippen LogP contribution in [0.25, 0.3) is 10.9 Å². The number of fused-ring (bicyclic) bond motifs is 3. The first-order chi connectivity index (χ1) is 15.1. The number of esters is 1. The lowest BCUT2D eigenvalue weighted by molar-refractivity contribution is -0.151. The van der Waals surface area contributed by atoms with Gasteiger partial charge in [-0.25, -0.2) is 0 Å². The second-order valence-corrected chi connectivity index (χ2v) is 8.16. The van der Waals surface area contributed by atoms with Crippen LogP contribution in [-0.4, -0.2) is 41.1 Å². The summed E-state index contributed by atoms with van der Waals surface area (Å²) >= 11 is 0. The van der Waals surface area contributed by atoms with Gasteiger partial charge in [0, 0.05) is 30.5 Å². The first-order valence-corrected chi connectivity index (χ1v) is 10.8. The van der Waals surface area contributed by atoms with E-state index in [0.717, 1.165) is 33.5 Å². The molecule has 1 aromatic heterocycles. The SMILES string of the molecule is CCOC(=O)[C@H]1Cc2c3n(c4ccc(OC)cc24)C(=O)CC[C@@H]3N1Cc1ccccc1. The zero-order valence-corrected chi connectivity index (χ0v) is 17.8. The Morgan fingerprint density at radius 2 is 1.97 bits per heavy atom. The van der Waals surface area contributed by atoms with Crippen molar-refractivity contribution >= 4 is 22.8 Å². The van der Waals surface area contributed by atoms with E-state index in [-0.39, 0.29) is 17.9 Å². The van der Waals surface area contributed by atoms with E-state index >= 15 is 0 Å². The molecule has 0 bridgehead atoms. The van der Waals surface area contributed by atoms with Crippen molar-refractivity contribution in [2.45, 2.75) is 44.8 Å². The van der Waals surface area contributed by atoms with Gasteiger partial charge in [-0.05, 0) is 42.7 Å². The van der Waals surface area contributed by atoms with Gasteiger partial charge in [-0.2, -0.15) is 0 Å². The van der Waals surface area contributed by atoms with E-state index in [9.17, 15) is 9.59 Å². The summed E-state index contributed by atoms with van der Waals surface area (Å²) in [5, 5.41) is 0.989. The van der Waals surface area contributed by atoms with Crippen molar-refractivity contribution in [3.63, 3.8) is 0 Å². The highest BCUT2D eigenvalue weighted by atomic mass is 16.5. The zero-order valence-electron chi connectivity index (χ0n) is 17.8. The van der Waals surface area contributed by atoms with Crippen LogP contribution in [0.1, 0.15) is 47.4 Å². The van der Waals surface area contributed by atoms with Crippen molar-refractivity contribution in [2.75, 3.05) is 13.7 Å². The van der Waals surface area contributed by atoms with Crippen LogP contribution in [0.2, 0.25) is 0 Å². The number of carbonyl (C=O) groups excluding carboxylic acids is 2. The largest absolute Gasteiger partial charge is 0.497 e. The Labute approximate surface area is 181 Å². The summed E-state index contributed by atoms with van der Waals surface area (Å²) in [4.78, 5) is 28.2. The fraction of sp³-hybridized carbons (Fsp3) is 0.360. The van der Waals surface area contributed by atoms with Crippen molar-refractivity contribution in [3.05, 3.63) is 65.4 Å². The molecule has 0 saturated carbocycles. The van der Waals surface area contributed by atoms with Crippen LogP contribution in [0.15, 0.2) is 48.5 Å². The number of ether oxygens (including phenoxy) is 2. The molecule has 2 aliphatic rings. The number of hydrogen-bond donors (Lipinski definition) is 0. The van der Waals surface area contributed by atoms with Crippen LogP contribution in [0.5, 0.6) is 5.75 Å². The van der Waals surface area contributed by atoms with Crippen molar-refractivity contribution < 1.29 is 19.1 Å². The normalized spacial score (nSPS) is 20.5. The summed E-state index contributed by atoms with van der Waals surface area (Å²) < 4.78 is 12.8. The van der Waals surface area contributed by atoms with Gasteiger partial charge in [0.25, 0.3) is 0 Å². The second kappa shape index (κ2) is 7.85. The van der Waals surface area contributed by atoms with E-state index in [1.807, 2.05) is 47.9 Å². The lowest BCUT2D eigenvalue weighted by atomic mass is 9.87. The highest BCUT2D eigenvalue weighted by Crippen LogP contribution is 2.45. The van der Waals surface area contributed by atoms with E-state index < -0.39 is 6.04 Å². The van der Waals surface area contributed by atoms with E-state index in [2.05, 4.69) is 17.0 Å². The molecule has 6 nitrogen and oxygen atoms in total. The minimum atomic E-state index is -0.392. The van der Waals surface area contributed by atoms with Crippen molar-refractivity contribution in [1.29, 1.82) is 0 Å². The molecule has 0 spiro atoms. The molecule has 0 radical (unpaired) electrons. The number of methoxy groups -OCH3 is 1. The molecule has 31 heavy (non-hydrogen) atoms. The Hall–Kier alpha value is -3.12. The van der Waals surface area contributed by atoms with Crippen LogP contribution in [0.3, 0.4) is 0 Å². The van der Waals surface area contributed by atoms with Crippen molar-refractivity contribution in [2.24, 2.45) is 0 Å².